The quantitative estimate of drug-likeness (QED) is 0.840. The molecule has 1 fully saturated rings. The summed E-state index contributed by atoms with van der Waals surface area (Å²) in [7, 11) is -3.82. The Morgan fingerprint density at radius 2 is 2.10 bits per heavy atom. The van der Waals surface area contributed by atoms with Crippen LogP contribution in [0.2, 0.25) is 0 Å². The first-order valence-corrected chi connectivity index (χ1v) is 7.83. The Morgan fingerprint density at radius 1 is 1.48 bits per heavy atom. The van der Waals surface area contributed by atoms with Gasteiger partial charge in [0.05, 0.1) is 10.5 Å². The van der Waals surface area contributed by atoms with Gasteiger partial charge in [0.1, 0.15) is 0 Å². The van der Waals surface area contributed by atoms with Crippen LogP contribution in [0.4, 0.5) is 8.78 Å². The Labute approximate surface area is 121 Å². The summed E-state index contributed by atoms with van der Waals surface area (Å²) in [6.45, 7) is 1.43. The predicted octanol–water partition coefficient (Wildman–Crippen LogP) is 2.02. The molecule has 0 radical (unpaired) electrons. The molecule has 2 rings (SSSR count). The average Bonchev–Trinajstić information content (AvgIpc) is 2.96. The lowest BCUT2D eigenvalue weighted by molar-refractivity contribution is 0.0695. The summed E-state index contributed by atoms with van der Waals surface area (Å²) in [5.41, 5.74) is 0.339. The van der Waals surface area contributed by atoms with Gasteiger partial charge >= 0.3 is 5.97 Å². The van der Waals surface area contributed by atoms with E-state index in [9.17, 15) is 22.0 Å². The number of carboxylic acids is 1. The molecule has 1 unspecified atom stereocenters. The van der Waals surface area contributed by atoms with Gasteiger partial charge in [-0.25, -0.2) is 26.7 Å². The second-order valence-corrected chi connectivity index (χ2v) is 6.90. The minimum Gasteiger partial charge on any atom is -0.478 e. The van der Waals surface area contributed by atoms with Crippen LogP contribution in [-0.2, 0) is 10.0 Å². The molecular formula is C13H15F2NO4S. The summed E-state index contributed by atoms with van der Waals surface area (Å²) in [5, 5.41) is 8.88. The maximum atomic E-state index is 12.7. The van der Waals surface area contributed by atoms with E-state index >= 15 is 0 Å². The molecule has 21 heavy (non-hydrogen) atoms. The van der Waals surface area contributed by atoms with Gasteiger partial charge in [0.2, 0.25) is 10.0 Å². The van der Waals surface area contributed by atoms with Gasteiger partial charge in [-0.05, 0) is 37.1 Å². The molecule has 1 aromatic rings. The van der Waals surface area contributed by atoms with Crippen LogP contribution in [0.1, 0.15) is 28.8 Å². The standard InChI is InChI=1S/C13H15F2NO4S/c1-8-6-10(2-3-11(8)12(17)18)21(19,20)16-5-4-9-7-13(9,14)15/h2-3,6,9,16H,4-5,7H2,1H3,(H,17,18). The number of halogens is 2. The average molecular weight is 319 g/mol. The Bertz CT molecular complexity index is 673. The van der Waals surface area contributed by atoms with E-state index in [1.165, 1.54) is 25.1 Å². The Kier molecular flexibility index (Phi) is 4.03. The molecule has 1 aromatic carbocycles. The number of carbonyl (C=O) groups is 1. The van der Waals surface area contributed by atoms with E-state index < -0.39 is 27.8 Å². The highest BCUT2D eigenvalue weighted by molar-refractivity contribution is 7.89. The van der Waals surface area contributed by atoms with Crippen LogP contribution in [0.15, 0.2) is 23.1 Å². The van der Waals surface area contributed by atoms with E-state index in [4.69, 9.17) is 5.11 Å². The van der Waals surface area contributed by atoms with Crippen LogP contribution in [-0.4, -0.2) is 32.0 Å². The van der Waals surface area contributed by atoms with Gasteiger partial charge in [0.25, 0.3) is 5.92 Å². The molecule has 0 saturated heterocycles. The lowest BCUT2D eigenvalue weighted by Gasteiger charge is -2.08. The lowest BCUT2D eigenvalue weighted by Crippen LogP contribution is -2.25. The number of nitrogens with one attached hydrogen (secondary N) is 1. The van der Waals surface area contributed by atoms with Crippen molar-refractivity contribution in [1.82, 2.24) is 4.72 Å². The highest BCUT2D eigenvalue weighted by Gasteiger charge is 2.55. The zero-order valence-corrected chi connectivity index (χ0v) is 12.1. The molecule has 0 amide bonds. The molecule has 1 aliphatic carbocycles. The van der Waals surface area contributed by atoms with Gasteiger partial charge < -0.3 is 5.11 Å². The van der Waals surface area contributed by atoms with Crippen molar-refractivity contribution in [2.75, 3.05) is 6.54 Å². The van der Waals surface area contributed by atoms with Crippen LogP contribution < -0.4 is 4.72 Å². The van der Waals surface area contributed by atoms with Crippen molar-refractivity contribution in [2.45, 2.75) is 30.6 Å². The second-order valence-electron chi connectivity index (χ2n) is 5.13. The Hall–Kier alpha value is -1.54. The molecule has 0 heterocycles. The minimum atomic E-state index is -3.82. The third kappa shape index (κ3) is 3.56. The van der Waals surface area contributed by atoms with Crippen molar-refractivity contribution in [3.05, 3.63) is 29.3 Å². The van der Waals surface area contributed by atoms with E-state index in [0.29, 0.717) is 5.56 Å². The highest BCUT2D eigenvalue weighted by atomic mass is 32.2. The smallest absolute Gasteiger partial charge is 0.335 e. The minimum absolute atomic E-state index is 0.0200. The summed E-state index contributed by atoms with van der Waals surface area (Å²) in [6, 6.07) is 3.64. The summed E-state index contributed by atoms with van der Waals surface area (Å²) < 4.78 is 51.6. The van der Waals surface area contributed by atoms with Crippen molar-refractivity contribution in [2.24, 2.45) is 5.92 Å². The van der Waals surface area contributed by atoms with Crippen molar-refractivity contribution < 1.29 is 27.1 Å². The molecule has 8 heteroatoms. The van der Waals surface area contributed by atoms with Crippen molar-refractivity contribution in [3.8, 4) is 0 Å². The fraction of sp³-hybridized carbons (Fsp3) is 0.462. The Balaban J connectivity index is 2.02. The summed E-state index contributed by atoms with van der Waals surface area (Å²) in [4.78, 5) is 10.8. The monoisotopic (exact) mass is 319 g/mol. The van der Waals surface area contributed by atoms with Crippen LogP contribution in [0, 0.1) is 12.8 Å². The zero-order valence-electron chi connectivity index (χ0n) is 11.3. The summed E-state index contributed by atoms with van der Waals surface area (Å²) in [5.74, 6) is -4.55. The lowest BCUT2D eigenvalue weighted by atomic mass is 10.1. The van der Waals surface area contributed by atoms with Crippen LogP contribution >= 0.6 is 0 Å². The summed E-state index contributed by atoms with van der Waals surface area (Å²) >= 11 is 0. The molecular weight excluding hydrogens is 304 g/mol. The van der Waals surface area contributed by atoms with E-state index in [1.54, 1.807) is 0 Å². The maximum Gasteiger partial charge on any atom is 0.335 e. The fourth-order valence-corrected chi connectivity index (χ4v) is 3.21. The Morgan fingerprint density at radius 3 is 2.57 bits per heavy atom. The SMILES string of the molecule is Cc1cc(S(=O)(=O)NCCC2CC2(F)F)ccc1C(=O)O. The van der Waals surface area contributed by atoms with Gasteiger partial charge in [0.15, 0.2) is 0 Å². The molecule has 5 nitrogen and oxygen atoms in total. The molecule has 116 valence electrons. The first kappa shape index (κ1) is 15.8. The van der Waals surface area contributed by atoms with E-state index in [1.807, 2.05) is 0 Å². The number of benzene rings is 1. The third-order valence-corrected chi connectivity index (χ3v) is 4.94. The molecule has 1 atom stereocenters. The normalized spacial score (nSPS) is 20.2. The predicted molar refractivity (Wildman–Crippen MR) is 71.0 cm³/mol. The first-order chi connectivity index (χ1) is 9.63. The number of hydrogen-bond donors (Lipinski definition) is 2. The number of aryl methyl sites for hydroxylation is 1. The highest BCUT2D eigenvalue weighted by Crippen LogP contribution is 2.50. The number of sulfonamides is 1. The maximum absolute atomic E-state index is 12.7. The second kappa shape index (κ2) is 5.34. The number of alkyl halides is 2. The van der Waals surface area contributed by atoms with Crippen molar-refractivity contribution >= 4 is 16.0 Å². The largest absolute Gasteiger partial charge is 0.478 e. The van der Waals surface area contributed by atoms with Gasteiger partial charge in [-0.1, -0.05) is 0 Å². The van der Waals surface area contributed by atoms with Crippen molar-refractivity contribution in [3.63, 3.8) is 0 Å². The van der Waals surface area contributed by atoms with Gasteiger partial charge in [-0.15, -0.1) is 0 Å². The molecule has 1 saturated carbocycles. The van der Waals surface area contributed by atoms with Crippen molar-refractivity contribution in [1.29, 1.82) is 0 Å². The van der Waals surface area contributed by atoms with Crippen LogP contribution in [0.3, 0.4) is 0 Å². The number of rotatable bonds is 6. The zero-order chi connectivity index (χ0) is 15.8. The number of aromatic carboxylic acids is 1. The van der Waals surface area contributed by atoms with Gasteiger partial charge in [-0.3, -0.25) is 0 Å². The van der Waals surface area contributed by atoms with Gasteiger partial charge in [-0.2, -0.15) is 0 Å². The van der Waals surface area contributed by atoms with E-state index in [0.717, 1.165) is 0 Å². The molecule has 0 bridgehead atoms. The number of hydrogen-bond acceptors (Lipinski definition) is 3. The fourth-order valence-electron chi connectivity index (χ4n) is 2.08. The third-order valence-electron chi connectivity index (χ3n) is 3.48. The van der Waals surface area contributed by atoms with E-state index in [-0.39, 0.29) is 29.8 Å². The topological polar surface area (TPSA) is 83.5 Å². The van der Waals surface area contributed by atoms with E-state index in [2.05, 4.69) is 4.72 Å². The molecule has 0 aromatic heterocycles. The molecule has 0 aliphatic heterocycles. The molecule has 0 spiro atoms. The first-order valence-electron chi connectivity index (χ1n) is 6.35. The molecule has 2 N–H and O–H groups in total. The van der Waals surface area contributed by atoms with Crippen LogP contribution in [0.5, 0.6) is 0 Å². The molecule has 1 aliphatic rings. The van der Waals surface area contributed by atoms with Crippen LogP contribution in [0.25, 0.3) is 0 Å². The summed E-state index contributed by atoms with van der Waals surface area (Å²) in [6.07, 6.45) is -0.112. The van der Waals surface area contributed by atoms with Gasteiger partial charge in [0, 0.05) is 18.9 Å². The number of carboxylic acid groups (broad SMARTS) is 1.